The van der Waals surface area contributed by atoms with Crippen LogP contribution in [0.2, 0.25) is 0 Å². The lowest BCUT2D eigenvalue weighted by Crippen LogP contribution is -2.40. The second kappa shape index (κ2) is 8.08. The quantitative estimate of drug-likeness (QED) is 0.612. The summed E-state index contributed by atoms with van der Waals surface area (Å²) in [5.41, 5.74) is 6.80. The maximum absolute atomic E-state index is 12.0. The SMILES string of the molecule is CCc1sc(C(=O)NNC(=O)/C=C/c2ccc(Br)cc2)cc1C. The minimum absolute atomic E-state index is 0.303. The van der Waals surface area contributed by atoms with E-state index in [9.17, 15) is 9.59 Å². The number of carbonyl (C=O) groups is 2. The zero-order valence-corrected chi connectivity index (χ0v) is 15.3. The number of carbonyl (C=O) groups excluding carboxylic acids is 2. The van der Waals surface area contributed by atoms with Crippen LogP contribution in [0, 0.1) is 6.92 Å². The lowest BCUT2D eigenvalue weighted by Gasteiger charge is -2.03. The summed E-state index contributed by atoms with van der Waals surface area (Å²) in [5, 5.41) is 0. The fraction of sp³-hybridized carbons (Fsp3) is 0.176. The number of hydrogen-bond acceptors (Lipinski definition) is 3. The lowest BCUT2D eigenvalue weighted by atomic mass is 10.2. The summed E-state index contributed by atoms with van der Waals surface area (Å²) < 4.78 is 0.976. The molecule has 2 amide bonds. The Balaban J connectivity index is 1.88. The molecule has 2 N–H and O–H groups in total. The van der Waals surface area contributed by atoms with Crippen LogP contribution >= 0.6 is 27.3 Å². The maximum atomic E-state index is 12.0. The summed E-state index contributed by atoms with van der Waals surface area (Å²) in [6, 6.07) is 9.39. The van der Waals surface area contributed by atoms with Crippen LogP contribution in [0.1, 0.15) is 32.6 Å². The van der Waals surface area contributed by atoms with Gasteiger partial charge in [0.15, 0.2) is 0 Å². The van der Waals surface area contributed by atoms with Gasteiger partial charge in [0.1, 0.15) is 0 Å². The summed E-state index contributed by atoms with van der Waals surface area (Å²) in [4.78, 5) is 25.5. The number of nitrogens with one attached hydrogen (secondary N) is 2. The smallest absolute Gasteiger partial charge is 0.268 e. The molecule has 2 aromatic rings. The summed E-state index contributed by atoms with van der Waals surface area (Å²) in [6.45, 7) is 4.03. The third-order valence-corrected chi connectivity index (χ3v) is 5.07. The number of rotatable bonds is 4. The van der Waals surface area contributed by atoms with Crippen LogP contribution < -0.4 is 10.9 Å². The van der Waals surface area contributed by atoms with Crippen molar-refractivity contribution in [3.8, 4) is 0 Å². The molecule has 0 fully saturated rings. The molecule has 6 heteroatoms. The number of hydrazine groups is 1. The van der Waals surface area contributed by atoms with Crippen molar-refractivity contribution in [3.05, 3.63) is 61.8 Å². The van der Waals surface area contributed by atoms with Gasteiger partial charge < -0.3 is 0 Å². The molecule has 0 radical (unpaired) electrons. The van der Waals surface area contributed by atoms with Gasteiger partial charge in [-0.1, -0.05) is 35.0 Å². The van der Waals surface area contributed by atoms with Gasteiger partial charge in [0.25, 0.3) is 11.8 Å². The van der Waals surface area contributed by atoms with Crippen LogP contribution in [-0.4, -0.2) is 11.8 Å². The van der Waals surface area contributed by atoms with Crippen molar-refractivity contribution < 1.29 is 9.59 Å². The van der Waals surface area contributed by atoms with Crippen LogP contribution in [0.5, 0.6) is 0 Å². The molecule has 4 nitrogen and oxygen atoms in total. The molecule has 1 aromatic carbocycles. The molecule has 0 aliphatic heterocycles. The predicted octanol–water partition coefficient (Wildman–Crippen LogP) is 3.86. The van der Waals surface area contributed by atoms with E-state index >= 15 is 0 Å². The summed E-state index contributed by atoms with van der Waals surface area (Å²) in [5.74, 6) is -0.687. The molecule has 1 aromatic heterocycles. The first kappa shape index (κ1) is 17.4. The van der Waals surface area contributed by atoms with Gasteiger partial charge in [-0.15, -0.1) is 11.3 Å². The minimum Gasteiger partial charge on any atom is -0.268 e. The second-order valence-electron chi connectivity index (χ2n) is 4.90. The van der Waals surface area contributed by atoms with Gasteiger partial charge in [-0.05, 0) is 48.7 Å². The van der Waals surface area contributed by atoms with Gasteiger partial charge >= 0.3 is 0 Å². The average Bonchev–Trinajstić information content (AvgIpc) is 2.93. The van der Waals surface area contributed by atoms with Gasteiger partial charge in [0.05, 0.1) is 4.88 Å². The maximum Gasteiger partial charge on any atom is 0.279 e. The summed E-state index contributed by atoms with van der Waals surface area (Å²) in [6.07, 6.45) is 3.95. The van der Waals surface area contributed by atoms with Gasteiger partial charge in [0.2, 0.25) is 0 Å². The first-order valence-electron chi connectivity index (χ1n) is 7.13. The van der Waals surface area contributed by atoms with Gasteiger partial charge in [-0.2, -0.15) is 0 Å². The highest BCUT2D eigenvalue weighted by Crippen LogP contribution is 2.21. The van der Waals surface area contributed by atoms with Crippen LogP contribution in [0.4, 0.5) is 0 Å². The molecule has 0 aliphatic rings. The first-order chi connectivity index (χ1) is 11.0. The van der Waals surface area contributed by atoms with Crippen molar-refractivity contribution in [2.75, 3.05) is 0 Å². The Kier molecular flexibility index (Phi) is 6.12. The number of halogens is 1. The van der Waals surface area contributed by atoms with E-state index in [0.29, 0.717) is 4.88 Å². The van der Waals surface area contributed by atoms with Crippen LogP contribution in [0.25, 0.3) is 6.08 Å². The topological polar surface area (TPSA) is 58.2 Å². The van der Waals surface area contributed by atoms with E-state index in [4.69, 9.17) is 0 Å². The van der Waals surface area contributed by atoms with Crippen molar-refractivity contribution >= 4 is 45.2 Å². The standard InChI is InChI=1S/C17H17BrN2O2S/c1-3-14-11(2)10-15(23-14)17(22)20-19-16(21)9-6-12-4-7-13(18)8-5-12/h4-10H,3H2,1-2H3,(H,19,21)(H,20,22)/b9-6+. The average molecular weight is 393 g/mol. The fourth-order valence-corrected chi connectivity index (χ4v) is 3.22. The molecule has 0 atom stereocenters. The molecule has 0 spiro atoms. The van der Waals surface area contributed by atoms with E-state index in [1.165, 1.54) is 22.3 Å². The number of thiophene rings is 1. The monoisotopic (exact) mass is 392 g/mol. The Bertz CT molecular complexity index is 736. The zero-order valence-electron chi connectivity index (χ0n) is 12.9. The van der Waals surface area contributed by atoms with E-state index in [1.54, 1.807) is 6.08 Å². The van der Waals surface area contributed by atoms with E-state index < -0.39 is 0 Å². The molecule has 0 unspecified atom stereocenters. The highest BCUT2D eigenvalue weighted by Gasteiger charge is 2.11. The highest BCUT2D eigenvalue weighted by atomic mass is 79.9. The van der Waals surface area contributed by atoms with Gasteiger partial charge in [-0.3, -0.25) is 20.4 Å². The van der Waals surface area contributed by atoms with Crippen LogP contribution in [-0.2, 0) is 11.2 Å². The van der Waals surface area contributed by atoms with E-state index in [1.807, 2.05) is 37.3 Å². The zero-order chi connectivity index (χ0) is 16.8. The van der Waals surface area contributed by atoms with Crippen LogP contribution in [0.3, 0.4) is 0 Å². The molecule has 0 aliphatic carbocycles. The Hall–Kier alpha value is -1.92. The van der Waals surface area contributed by atoms with E-state index in [2.05, 4.69) is 33.7 Å². The molecule has 23 heavy (non-hydrogen) atoms. The Morgan fingerprint density at radius 3 is 2.52 bits per heavy atom. The second-order valence-corrected chi connectivity index (χ2v) is 6.95. The number of benzene rings is 1. The molecule has 0 saturated heterocycles. The molecule has 1 heterocycles. The third kappa shape index (κ3) is 5.04. The van der Waals surface area contributed by atoms with Gasteiger partial charge in [-0.25, -0.2) is 0 Å². The molecule has 2 rings (SSSR count). The Morgan fingerprint density at radius 2 is 1.91 bits per heavy atom. The van der Waals surface area contributed by atoms with Crippen molar-refractivity contribution in [1.82, 2.24) is 10.9 Å². The molecule has 120 valence electrons. The van der Waals surface area contributed by atoms with Crippen LogP contribution in [0.15, 0.2) is 40.9 Å². The highest BCUT2D eigenvalue weighted by molar-refractivity contribution is 9.10. The third-order valence-electron chi connectivity index (χ3n) is 3.16. The number of aryl methyl sites for hydroxylation is 2. The van der Waals surface area contributed by atoms with Crippen molar-refractivity contribution in [1.29, 1.82) is 0 Å². The molecular weight excluding hydrogens is 376 g/mol. The van der Waals surface area contributed by atoms with E-state index in [-0.39, 0.29) is 11.8 Å². The largest absolute Gasteiger partial charge is 0.279 e. The van der Waals surface area contributed by atoms with Crippen molar-refractivity contribution in [2.24, 2.45) is 0 Å². The molecule has 0 bridgehead atoms. The Labute approximate surface area is 147 Å². The fourth-order valence-electron chi connectivity index (χ4n) is 1.95. The predicted molar refractivity (Wildman–Crippen MR) is 97.2 cm³/mol. The summed E-state index contributed by atoms with van der Waals surface area (Å²) >= 11 is 4.80. The van der Waals surface area contributed by atoms with Crippen molar-refractivity contribution in [2.45, 2.75) is 20.3 Å². The number of amides is 2. The van der Waals surface area contributed by atoms with Gasteiger partial charge in [0, 0.05) is 15.4 Å². The minimum atomic E-state index is -0.384. The Morgan fingerprint density at radius 1 is 1.22 bits per heavy atom. The first-order valence-corrected chi connectivity index (χ1v) is 8.74. The summed E-state index contributed by atoms with van der Waals surface area (Å²) in [7, 11) is 0. The molecule has 0 saturated carbocycles. The number of hydrogen-bond donors (Lipinski definition) is 2. The van der Waals surface area contributed by atoms with E-state index in [0.717, 1.165) is 22.0 Å². The molecular formula is C17H17BrN2O2S. The lowest BCUT2D eigenvalue weighted by molar-refractivity contribution is -0.117. The normalized spacial score (nSPS) is 10.7. The van der Waals surface area contributed by atoms with Crippen molar-refractivity contribution in [3.63, 3.8) is 0 Å².